The summed E-state index contributed by atoms with van der Waals surface area (Å²) in [6, 6.07) is 5.78. The smallest absolute Gasteiger partial charge is 0.0388 e. The van der Waals surface area contributed by atoms with Gasteiger partial charge in [-0.05, 0) is 38.8 Å². The summed E-state index contributed by atoms with van der Waals surface area (Å²) in [5.41, 5.74) is 0. The second kappa shape index (κ2) is 4.45. The molecular formula is C12H19NS. The second-order valence-corrected chi connectivity index (χ2v) is 5.64. The molecule has 1 heterocycles. The molecule has 1 N–H and O–H groups in total. The number of aryl methyl sites for hydroxylation is 1. The van der Waals surface area contributed by atoms with Crippen LogP contribution in [0.3, 0.4) is 0 Å². The molecule has 0 spiro atoms. The molecule has 1 saturated carbocycles. The molecule has 0 radical (unpaired) electrons. The molecule has 1 aliphatic carbocycles. The number of hydrogen-bond acceptors (Lipinski definition) is 2. The van der Waals surface area contributed by atoms with E-state index in [4.69, 9.17) is 0 Å². The van der Waals surface area contributed by atoms with Gasteiger partial charge in [-0.1, -0.05) is 12.8 Å². The van der Waals surface area contributed by atoms with Crippen LogP contribution in [-0.2, 0) is 0 Å². The van der Waals surface area contributed by atoms with Crippen LogP contribution >= 0.6 is 11.3 Å². The van der Waals surface area contributed by atoms with Crippen molar-refractivity contribution in [3.8, 4) is 0 Å². The lowest BCUT2D eigenvalue weighted by molar-refractivity contribution is 0.465. The van der Waals surface area contributed by atoms with Crippen LogP contribution in [-0.4, -0.2) is 6.04 Å². The highest BCUT2D eigenvalue weighted by molar-refractivity contribution is 7.12. The molecule has 2 heteroatoms. The fourth-order valence-corrected chi connectivity index (χ4v) is 3.10. The van der Waals surface area contributed by atoms with E-state index in [1.807, 2.05) is 11.3 Å². The maximum Gasteiger partial charge on any atom is 0.0388 e. The van der Waals surface area contributed by atoms with Crippen molar-refractivity contribution in [2.24, 2.45) is 0 Å². The Morgan fingerprint density at radius 1 is 1.36 bits per heavy atom. The van der Waals surface area contributed by atoms with E-state index in [1.165, 1.54) is 35.4 Å². The molecule has 1 atom stereocenters. The van der Waals surface area contributed by atoms with Crippen molar-refractivity contribution in [3.05, 3.63) is 21.9 Å². The Labute approximate surface area is 90.5 Å². The Morgan fingerprint density at radius 3 is 2.64 bits per heavy atom. The molecule has 78 valence electrons. The monoisotopic (exact) mass is 209 g/mol. The van der Waals surface area contributed by atoms with E-state index >= 15 is 0 Å². The molecule has 2 rings (SSSR count). The van der Waals surface area contributed by atoms with Gasteiger partial charge in [-0.2, -0.15) is 0 Å². The highest BCUT2D eigenvalue weighted by Crippen LogP contribution is 2.25. The fourth-order valence-electron chi connectivity index (χ4n) is 2.21. The third-order valence-electron chi connectivity index (χ3n) is 3.03. The van der Waals surface area contributed by atoms with Crippen molar-refractivity contribution >= 4 is 11.3 Å². The molecule has 0 aliphatic heterocycles. The Morgan fingerprint density at radius 2 is 2.07 bits per heavy atom. The standard InChI is InChI=1S/C12H19NS/c1-9-7-8-12(14-9)10(2)13-11-5-3-4-6-11/h7-8,10-11,13H,3-6H2,1-2H3/t10-/m1/s1. The summed E-state index contributed by atoms with van der Waals surface area (Å²) in [4.78, 5) is 2.90. The molecule has 1 aromatic rings. The summed E-state index contributed by atoms with van der Waals surface area (Å²) in [6.07, 6.45) is 5.56. The summed E-state index contributed by atoms with van der Waals surface area (Å²) in [5.74, 6) is 0. The van der Waals surface area contributed by atoms with Crippen LogP contribution in [0.25, 0.3) is 0 Å². The summed E-state index contributed by atoms with van der Waals surface area (Å²) < 4.78 is 0. The third kappa shape index (κ3) is 2.37. The molecule has 14 heavy (non-hydrogen) atoms. The van der Waals surface area contributed by atoms with Crippen LogP contribution in [0, 0.1) is 6.92 Å². The minimum Gasteiger partial charge on any atom is -0.307 e. The predicted octanol–water partition coefficient (Wildman–Crippen LogP) is 3.65. The van der Waals surface area contributed by atoms with Crippen LogP contribution in [0.2, 0.25) is 0 Å². The molecule has 0 amide bonds. The van der Waals surface area contributed by atoms with Gasteiger partial charge in [0.15, 0.2) is 0 Å². The lowest BCUT2D eigenvalue weighted by Crippen LogP contribution is -2.28. The van der Waals surface area contributed by atoms with Crippen LogP contribution in [0.5, 0.6) is 0 Å². The van der Waals surface area contributed by atoms with Crippen molar-refractivity contribution in [2.75, 3.05) is 0 Å². The topological polar surface area (TPSA) is 12.0 Å². The Balaban J connectivity index is 1.91. The second-order valence-electron chi connectivity index (χ2n) is 4.32. The number of hydrogen-bond donors (Lipinski definition) is 1. The van der Waals surface area contributed by atoms with Crippen molar-refractivity contribution in [1.29, 1.82) is 0 Å². The zero-order valence-electron chi connectivity index (χ0n) is 9.05. The average molecular weight is 209 g/mol. The first-order valence-electron chi connectivity index (χ1n) is 5.58. The molecule has 0 aromatic carbocycles. The predicted molar refractivity (Wildman–Crippen MR) is 62.9 cm³/mol. The van der Waals surface area contributed by atoms with Gasteiger partial charge in [-0.3, -0.25) is 0 Å². The maximum atomic E-state index is 3.72. The largest absolute Gasteiger partial charge is 0.307 e. The van der Waals surface area contributed by atoms with Crippen molar-refractivity contribution in [3.63, 3.8) is 0 Å². The maximum absolute atomic E-state index is 3.72. The normalized spacial score (nSPS) is 20.1. The van der Waals surface area contributed by atoms with Gasteiger partial charge >= 0.3 is 0 Å². The minimum atomic E-state index is 0.539. The molecule has 0 saturated heterocycles. The summed E-state index contributed by atoms with van der Waals surface area (Å²) in [7, 11) is 0. The van der Waals surface area contributed by atoms with E-state index < -0.39 is 0 Å². The third-order valence-corrected chi connectivity index (χ3v) is 4.21. The van der Waals surface area contributed by atoms with E-state index in [2.05, 4.69) is 31.3 Å². The Kier molecular flexibility index (Phi) is 3.24. The fraction of sp³-hybridized carbons (Fsp3) is 0.667. The number of nitrogens with one attached hydrogen (secondary N) is 1. The molecule has 1 nitrogen and oxygen atoms in total. The van der Waals surface area contributed by atoms with Crippen molar-refractivity contribution < 1.29 is 0 Å². The highest BCUT2D eigenvalue weighted by Gasteiger charge is 2.17. The number of rotatable bonds is 3. The molecule has 0 bridgehead atoms. The zero-order valence-corrected chi connectivity index (χ0v) is 9.86. The van der Waals surface area contributed by atoms with E-state index in [1.54, 1.807) is 0 Å². The Bertz CT molecular complexity index is 286. The van der Waals surface area contributed by atoms with E-state index in [0.29, 0.717) is 6.04 Å². The van der Waals surface area contributed by atoms with Gasteiger partial charge in [0, 0.05) is 21.8 Å². The van der Waals surface area contributed by atoms with Gasteiger partial charge in [-0.25, -0.2) is 0 Å². The summed E-state index contributed by atoms with van der Waals surface area (Å²) >= 11 is 1.92. The van der Waals surface area contributed by atoms with Crippen LogP contribution < -0.4 is 5.32 Å². The lowest BCUT2D eigenvalue weighted by Gasteiger charge is -2.17. The minimum absolute atomic E-state index is 0.539. The van der Waals surface area contributed by atoms with Gasteiger partial charge in [0.05, 0.1) is 0 Å². The van der Waals surface area contributed by atoms with Crippen molar-refractivity contribution in [2.45, 2.75) is 51.6 Å². The van der Waals surface area contributed by atoms with E-state index in [9.17, 15) is 0 Å². The van der Waals surface area contributed by atoms with Crippen LogP contribution in [0.1, 0.15) is 48.4 Å². The van der Waals surface area contributed by atoms with Gasteiger partial charge < -0.3 is 5.32 Å². The molecular weight excluding hydrogens is 190 g/mol. The van der Waals surface area contributed by atoms with Crippen LogP contribution in [0.4, 0.5) is 0 Å². The van der Waals surface area contributed by atoms with Gasteiger partial charge in [-0.15, -0.1) is 11.3 Å². The molecule has 0 unspecified atom stereocenters. The SMILES string of the molecule is Cc1ccc([C@@H](C)NC2CCCC2)s1. The molecule has 1 fully saturated rings. The average Bonchev–Trinajstić information content (AvgIpc) is 2.75. The van der Waals surface area contributed by atoms with Gasteiger partial charge in [0.2, 0.25) is 0 Å². The van der Waals surface area contributed by atoms with Crippen LogP contribution in [0.15, 0.2) is 12.1 Å². The Hall–Kier alpha value is -0.340. The number of thiophene rings is 1. The highest BCUT2D eigenvalue weighted by atomic mass is 32.1. The zero-order chi connectivity index (χ0) is 9.97. The van der Waals surface area contributed by atoms with E-state index in [0.717, 1.165) is 6.04 Å². The quantitative estimate of drug-likeness (QED) is 0.801. The first-order chi connectivity index (χ1) is 6.75. The first kappa shape index (κ1) is 10.2. The summed E-state index contributed by atoms with van der Waals surface area (Å²) in [5, 5.41) is 3.72. The molecule has 1 aliphatic rings. The van der Waals surface area contributed by atoms with Crippen molar-refractivity contribution in [1.82, 2.24) is 5.32 Å². The summed E-state index contributed by atoms with van der Waals surface area (Å²) in [6.45, 7) is 4.46. The first-order valence-corrected chi connectivity index (χ1v) is 6.40. The van der Waals surface area contributed by atoms with E-state index in [-0.39, 0.29) is 0 Å². The molecule has 1 aromatic heterocycles. The van der Waals surface area contributed by atoms with Gasteiger partial charge in [0.25, 0.3) is 0 Å². The van der Waals surface area contributed by atoms with Gasteiger partial charge in [0.1, 0.15) is 0 Å². The lowest BCUT2D eigenvalue weighted by atomic mass is 10.2.